The van der Waals surface area contributed by atoms with Gasteiger partial charge in [-0.15, -0.1) is 0 Å². The number of halogens is 3. The normalized spacial score (nSPS) is 27.2. The Morgan fingerprint density at radius 3 is 2.59 bits per heavy atom. The summed E-state index contributed by atoms with van der Waals surface area (Å²) in [6.45, 7) is 5.55. The molecule has 3 rings (SSSR count). The van der Waals surface area contributed by atoms with Gasteiger partial charge in [-0.25, -0.2) is 0 Å². The van der Waals surface area contributed by atoms with E-state index in [0.29, 0.717) is 13.1 Å². The van der Waals surface area contributed by atoms with Gasteiger partial charge in [0.25, 0.3) is 0 Å². The molecular weight excluding hydrogens is 355 g/mol. The second-order valence-corrected chi connectivity index (χ2v) is 7.78. The summed E-state index contributed by atoms with van der Waals surface area (Å²) in [7, 11) is 0. The van der Waals surface area contributed by atoms with Gasteiger partial charge in [-0.3, -0.25) is 9.69 Å². The van der Waals surface area contributed by atoms with Crippen molar-refractivity contribution in [2.24, 2.45) is 11.3 Å². The van der Waals surface area contributed by atoms with Gasteiger partial charge in [-0.2, -0.15) is 13.2 Å². The Morgan fingerprint density at radius 1 is 1.22 bits per heavy atom. The molecule has 0 radical (unpaired) electrons. The number of likely N-dealkylation sites (tertiary alicyclic amines) is 2. The van der Waals surface area contributed by atoms with Crippen LogP contribution in [0.15, 0.2) is 30.3 Å². The SMILES string of the molecule is CCN1CCC(CNC(=O)C2(C(F)(F)F)CCN(Cc3ccccc3)C2)C1. The number of rotatable bonds is 6. The summed E-state index contributed by atoms with van der Waals surface area (Å²) < 4.78 is 41.7. The Balaban J connectivity index is 1.62. The van der Waals surface area contributed by atoms with Gasteiger partial charge >= 0.3 is 6.18 Å². The van der Waals surface area contributed by atoms with Gasteiger partial charge < -0.3 is 10.2 Å². The van der Waals surface area contributed by atoms with Gasteiger partial charge in [-0.05, 0) is 44.0 Å². The summed E-state index contributed by atoms with van der Waals surface area (Å²) >= 11 is 0. The zero-order valence-electron chi connectivity index (χ0n) is 15.8. The zero-order valence-corrected chi connectivity index (χ0v) is 15.8. The fourth-order valence-corrected chi connectivity index (χ4v) is 4.18. The van der Waals surface area contributed by atoms with Gasteiger partial charge in [0.05, 0.1) is 0 Å². The number of carbonyl (C=O) groups excluding carboxylic acids is 1. The van der Waals surface area contributed by atoms with E-state index < -0.39 is 17.5 Å². The molecule has 1 N–H and O–H groups in total. The van der Waals surface area contributed by atoms with Crippen LogP contribution in [-0.4, -0.2) is 61.2 Å². The highest BCUT2D eigenvalue weighted by molar-refractivity contribution is 5.84. The Morgan fingerprint density at radius 2 is 1.96 bits per heavy atom. The Hall–Kier alpha value is -1.60. The fourth-order valence-electron chi connectivity index (χ4n) is 4.18. The molecule has 27 heavy (non-hydrogen) atoms. The van der Waals surface area contributed by atoms with E-state index in [0.717, 1.165) is 31.6 Å². The van der Waals surface area contributed by atoms with Gasteiger partial charge in [-0.1, -0.05) is 37.3 Å². The first-order valence-electron chi connectivity index (χ1n) is 9.68. The number of nitrogens with zero attached hydrogens (tertiary/aromatic N) is 2. The smallest absolute Gasteiger partial charge is 0.355 e. The lowest BCUT2D eigenvalue weighted by Crippen LogP contribution is -2.53. The molecule has 2 saturated heterocycles. The largest absolute Gasteiger partial charge is 0.404 e. The van der Waals surface area contributed by atoms with Gasteiger partial charge in [0.2, 0.25) is 5.91 Å². The molecule has 150 valence electrons. The van der Waals surface area contributed by atoms with Crippen LogP contribution in [0.5, 0.6) is 0 Å². The van der Waals surface area contributed by atoms with E-state index in [1.807, 2.05) is 30.3 Å². The number of carbonyl (C=O) groups is 1. The third-order valence-corrected chi connectivity index (χ3v) is 5.94. The van der Waals surface area contributed by atoms with E-state index >= 15 is 0 Å². The Kier molecular flexibility index (Phi) is 6.11. The van der Waals surface area contributed by atoms with Crippen molar-refractivity contribution in [2.45, 2.75) is 32.5 Å². The molecule has 1 aromatic rings. The molecule has 1 aromatic carbocycles. The minimum Gasteiger partial charge on any atom is -0.355 e. The van der Waals surface area contributed by atoms with E-state index in [1.54, 1.807) is 4.90 Å². The molecule has 2 unspecified atom stereocenters. The molecule has 0 spiro atoms. The number of nitrogens with one attached hydrogen (secondary N) is 1. The lowest BCUT2D eigenvalue weighted by atomic mass is 9.85. The van der Waals surface area contributed by atoms with E-state index in [1.165, 1.54) is 0 Å². The molecule has 2 fully saturated rings. The molecule has 0 bridgehead atoms. The van der Waals surface area contributed by atoms with Crippen LogP contribution in [0.3, 0.4) is 0 Å². The summed E-state index contributed by atoms with van der Waals surface area (Å²) in [5.74, 6) is -0.624. The molecule has 1 amide bonds. The molecule has 2 heterocycles. The molecule has 0 aromatic heterocycles. The van der Waals surface area contributed by atoms with Crippen molar-refractivity contribution in [3.05, 3.63) is 35.9 Å². The predicted octanol–water partition coefficient (Wildman–Crippen LogP) is 2.90. The van der Waals surface area contributed by atoms with Crippen molar-refractivity contribution in [1.29, 1.82) is 0 Å². The van der Waals surface area contributed by atoms with Crippen LogP contribution in [0, 0.1) is 11.3 Å². The summed E-state index contributed by atoms with van der Waals surface area (Å²) in [6, 6.07) is 9.41. The van der Waals surface area contributed by atoms with Gasteiger partial charge in [0.15, 0.2) is 5.41 Å². The molecule has 2 aliphatic heterocycles. The number of amides is 1. The average Bonchev–Trinajstić information content (AvgIpc) is 3.27. The number of hydrogen-bond donors (Lipinski definition) is 1. The molecule has 2 aliphatic rings. The van der Waals surface area contributed by atoms with Gasteiger partial charge in [0, 0.05) is 26.2 Å². The maximum absolute atomic E-state index is 13.9. The number of alkyl halides is 3. The Labute approximate surface area is 158 Å². The van der Waals surface area contributed by atoms with Crippen molar-refractivity contribution >= 4 is 5.91 Å². The first-order chi connectivity index (χ1) is 12.8. The summed E-state index contributed by atoms with van der Waals surface area (Å²) in [6.07, 6.45) is -3.80. The molecular formula is C20H28F3N3O. The minimum atomic E-state index is -4.55. The lowest BCUT2D eigenvalue weighted by molar-refractivity contribution is -0.218. The second-order valence-electron chi connectivity index (χ2n) is 7.78. The van der Waals surface area contributed by atoms with Crippen molar-refractivity contribution in [2.75, 3.05) is 39.3 Å². The zero-order chi connectivity index (χ0) is 19.5. The van der Waals surface area contributed by atoms with E-state index in [2.05, 4.69) is 17.1 Å². The monoisotopic (exact) mass is 383 g/mol. The van der Waals surface area contributed by atoms with Crippen LogP contribution >= 0.6 is 0 Å². The van der Waals surface area contributed by atoms with Crippen LogP contribution in [0.4, 0.5) is 13.2 Å². The number of benzene rings is 1. The van der Waals surface area contributed by atoms with Crippen molar-refractivity contribution in [3.63, 3.8) is 0 Å². The number of hydrogen-bond acceptors (Lipinski definition) is 3. The van der Waals surface area contributed by atoms with Crippen molar-refractivity contribution in [3.8, 4) is 0 Å². The summed E-state index contributed by atoms with van der Waals surface area (Å²) in [4.78, 5) is 16.6. The van der Waals surface area contributed by atoms with Crippen LogP contribution < -0.4 is 5.32 Å². The topological polar surface area (TPSA) is 35.6 Å². The van der Waals surface area contributed by atoms with E-state index in [4.69, 9.17) is 0 Å². The van der Waals surface area contributed by atoms with E-state index in [9.17, 15) is 18.0 Å². The maximum atomic E-state index is 13.9. The Bertz CT molecular complexity index is 637. The highest BCUT2D eigenvalue weighted by atomic mass is 19.4. The first kappa shape index (κ1) is 20.1. The van der Waals surface area contributed by atoms with Crippen LogP contribution in [-0.2, 0) is 11.3 Å². The second kappa shape index (κ2) is 8.19. The third-order valence-electron chi connectivity index (χ3n) is 5.94. The molecule has 4 nitrogen and oxygen atoms in total. The van der Waals surface area contributed by atoms with Crippen LogP contribution in [0.2, 0.25) is 0 Å². The third kappa shape index (κ3) is 4.46. The summed E-state index contributed by atoms with van der Waals surface area (Å²) in [5.41, 5.74) is -1.34. The molecule has 7 heteroatoms. The molecule has 2 atom stereocenters. The quantitative estimate of drug-likeness (QED) is 0.821. The minimum absolute atomic E-state index is 0.180. The molecule has 0 aliphatic carbocycles. The van der Waals surface area contributed by atoms with E-state index in [-0.39, 0.29) is 25.4 Å². The van der Waals surface area contributed by atoms with Crippen molar-refractivity contribution < 1.29 is 18.0 Å². The lowest BCUT2D eigenvalue weighted by Gasteiger charge is -2.31. The predicted molar refractivity (Wildman–Crippen MR) is 98.1 cm³/mol. The van der Waals surface area contributed by atoms with Gasteiger partial charge in [0.1, 0.15) is 0 Å². The van der Waals surface area contributed by atoms with Crippen LogP contribution in [0.1, 0.15) is 25.3 Å². The van der Waals surface area contributed by atoms with Crippen LogP contribution in [0.25, 0.3) is 0 Å². The highest BCUT2D eigenvalue weighted by Gasteiger charge is 2.62. The fraction of sp³-hybridized carbons (Fsp3) is 0.650. The average molecular weight is 383 g/mol. The maximum Gasteiger partial charge on any atom is 0.404 e. The van der Waals surface area contributed by atoms with Crippen molar-refractivity contribution in [1.82, 2.24) is 15.1 Å². The molecule has 0 saturated carbocycles. The standard InChI is InChI=1S/C20H28F3N3O/c1-2-25-10-8-17(14-25)12-24-18(27)19(20(21,22)23)9-11-26(15-19)13-16-6-4-3-5-7-16/h3-7,17H,2,8-15H2,1H3,(H,24,27). The first-order valence-corrected chi connectivity index (χ1v) is 9.68. The summed E-state index contributed by atoms with van der Waals surface area (Å²) in [5, 5.41) is 2.63. The highest BCUT2D eigenvalue weighted by Crippen LogP contribution is 2.46.